The van der Waals surface area contributed by atoms with Crippen LogP contribution in [0.5, 0.6) is 5.75 Å². The van der Waals surface area contributed by atoms with Crippen LogP contribution in [0, 0.1) is 6.92 Å². The number of rotatable bonds is 7. The Bertz CT molecular complexity index is 1220. The number of methoxy groups -OCH3 is 1. The predicted octanol–water partition coefficient (Wildman–Crippen LogP) is 3.55. The number of nitrogens with zero attached hydrogens (tertiary/aromatic N) is 3. The standard InChI is InChI=1S/C26H29N3O4S/c1-21-12-14-22(15-13-21)29(34(31,32)23-8-4-3-5-9-23)20-26(30)28-18-16-27(17-19-28)24-10-6-7-11-25(24)33-2/h3-15H,16-20H2,1-2H3. The van der Waals surface area contributed by atoms with Crippen molar-refractivity contribution in [2.45, 2.75) is 11.8 Å². The van der Waals surface area contributed by atoms with Gasteiger partial charge < -0.3 is 14.5 Å². The summed E-state index contributed by atoms with van der Waals surface area (Å²) >= 11 is 0. The molecule has 1 amide bonds. The highest BCUT2D eigenvalue weighted by molar-refractivity contribution is 7.92. The van der Waals surface area contributed by atoms with E-state index in [2.05, 4.69) is 4.90 Å². The molecule has 8 heteroatoms. The number of hydrogen-bond acceptors (Lipinski definition) is 5. The molecule has 34 heavy (non-hydrogen) atoms. The van der Waals surface area contributed by atoms with Crippen molar-refractivity contribution in [2.24, 2.45) is 0 Å². The molecule has 0 radical (unpaired) electrons. The quantitative estimate of drug-likeness (QED) is 0.518. The van der Waals surface area contributed by atoms with E-state index in [0.717, 1.165) is 17.0 Å². The van der Waals surface area contributed by atoms with Crippen LogP contribution < -0.4 is 13.9 Å². The van der Waals surface area contributed by atoms with E-state index >= 15 is 0 Å². The van der Waals surface area contributed by atoms with Crippen molar-refractivity contribution in [2.75, 3.05) is 49.0 Å². The van der Waals surface area contributed by atoms with Gasteiger partial charge in [-0.15, -0.1) is 0 Å². The summed E-state index contributed by atoms with van der Waals surface area (Å²) in [6.45, 7) is 3.97. The fraction of sp³-hybridized carbons (Fsp3) is 0.269. The lowest BCUT2D eigenvalue weighted by Gasteiger charge is -2.37. The molecule has 7 nitrogen and oxygen atoms in total. The van der Waals surface area contributed by atoms with Crippen LogP contribution in [0.1, 0.15) is 5.56 Å². The van der Waals surface area contributed by atoms with Gasteiger partial charge in [-0.2, -0.15) is 0 Å². The van der Waals surface area contributed by atoms with Crippen molar-refractivity contribution < 1.29 is 17.9 Å². The van der Waals surface area contributed by atoms with Gasteiger partial charge in [0.15, 0.2) is 0 Å². The van der Waals surface area contributed by atoms with Gasteiger partial charge in [0.25, 0.3) is 10.0 Å². The molecule has 1 aliphatic heterocycles. The second-order valence-electron chi connectivity index (χ2n) is 8.20. The van der Waals surface area contributed by atoms with Crippen molar-refractivity contribution in [3.05, 3.63) is 84.4 Å². The highest BCUT2D eigenvalue weighted by atomic mass is 32.2. The molecule has 1 aliphatic rings. The number of sulfonamides is 1. The molecule has 3 aromatic rings. The average molecular weight is 480 g/mol. The number of hydrogen-bond donors (Lipinski definition) is 0. The lowest BCUT2D eigenvalue weighted by Crippen LogP contribution is -2.52. The van der Waals surface area contributed by atoms with Crippen LogP contribution in [0.2, 0.25) is 0 Å². The zero-order valence-electron chi connectivity index (χ0n) is 19.4. The molecular formula is C26H29N3O4S. The maximum Gasteiger partial charge on any atom is 0.264 e. The summed E-state index contributed by atoms with van der Waals surface area (Å²) in [6.07, 6.45) is 0. The summed E-state index contributed by atoms with van der Waals surface area (Å²) in [4.78, 5) is 17.3. The highest BCUT2D eigenvalue weighted by Crippen LogP contribution is 2.29. The third kappa shape index (κ3) is 5.02. The Morgan fingerprint density at radius 2 is 1.50 bits per heavy atom. The molecule has 1 saturated heterocycles. The summed E-state index contributed by atoms with van der Waals surface area (Å²) < 4.78 is 33.6. The number of amides is 1. The molecule has 178 valence electrons. The van der Waals surface area contributed by atoms with E-state index in [1.54, 1.807) is 54.5 Å². The number of anilines is 2. The second-order valence-corrected chi connectivity index (χ2v) is 10.1. The topological polar surface area (TPSA) is 70.2 Å². The molecular weight excluding hydrogens is 450 g/mol. The molecule has 0 unspecified atom stereocenters. The first kappa shape index (κ1) is 23.6. The minimum Gasteiger partial charge on any atom is -0.495 e. The molecule has 1 heterocycles. The van der Waals surface area contributed by atoms with Gasteiger partial charge in [0, 0.05) is 26.2 Å². The minimum absolute atomic E-state index is 0.157. The summed E-state index contributed by atoms with van der Waals surface area (Å²) in [5, 5.41) is 0. The first-order valence-corrected chi connectivity index (χ1v) is 12.6. The Morgan fingerprint density at radius 1 is 0.882 bits per heavy atom. The summed E-state index contributed by atoms with van der Waals surface area (Å²) in [5.74, 6) is 0.571. The number of carbonyl (C=O) groups is 1. The van der Waals surface area contributed by atoms with Crippen LogP contribution >= 0.6 is 0 Å². The SMILES string of the molecule is COc1ccccc1N1CCN(C(=O)CN(c2ccc(C)cc2)S(=O)(=O)c2ccccc2)CC1. The van der Waals surface area contributed by atoms with Gasteiger partial charge in [0.1, 0.15) is 12.3 Å². The maximum atomic E-state index is 13.5. The van der Waals surface area contributed by atoms with E-state index < -0.39 is 10.0 Å². The molecule has 0 saturated carbocycles. The second kappa shape index (κ2) is 10.2. The first-order valence-electron chi connectivity index (χ1n) is 11.2. The molecule has 0 aromatic heterocycles. The molecule has 1 fully saturated rings. The summed E-state index contributed by atoms with van der Waals surface area (Å²) in [7, 11) is -2.26. The fourth-order valence-electron chi connectivity index (χ4n) is 4.06. The first-order chi connectivity index (χ1) is 16.4. The number of benzene rings is 3. The van der Waals surface area contributed by atoms with Gasteiger partial charge in [0.05, 0.1) is 23.4 Å². The Hall–Kier alpha value is -3.52. The lowest BCUT2D eigenvalue weighted by atomic mass is 10.2. The van der Waals surface area contributed by atoms with Crippen molar-refractivity contribution in [3.8, 4) is 5.75 Å². The molecule has 4 rings (SSSR count). The van der Waals surface area contributed by atoms with Gasteiger partial charge in [-0.25, -0.2) is 8.42 Å². The Balaban J connectivity index is 1.52. The van der Waals surface area contributed by atoms with Crippen LogP contribution in [-0.4, -0.2) is 59.1 Å². The van der Waals surface area contributed by atoms with Gasteiger partial charge in [-0.05, 0) is 43.3 Å². The monoisotopic (exact) mass is 479 g/mol. The number of para-hydroxylation sites is 2. The van der Waals surface area contributed by atoms with Crippen molar-refractivity contribution in [1.82, 2.24) is 4.90 Å². The van der Waals surface area contributed by atoms with Gasteiger partial charge in [-0.3, -0.25) is 9.10 Å². The molecule has 0 spiro atoms. The largest absolute Gasteiger partial charge is 0.495 e. The minimum atomic E-state index is -3.90. The fourth-order valence-corrected chi connectivity index (χ4v) is 5.49. The van der Waals surface area contributed by atoms with E-state index in [-0.39, 0.29) is 17.3 Å². The average Bonchev–Trinajstić information content (AvgIpc) is 2.88. The van der Waals surface area contributed by atoms with Crippen LogP contribution in [0.4, 0.5) is 11.4 Å². The normalized spacial score (nSPS) is 14.1. The molecule has 0 bridgehead atoms. The number of carbonyl (C=O) groups excluding carboxylic acids is 1. The van der Waals surface area contributed by atoms with Crippen molar-refractivity contribution in [1.29, 1.82) is 0 Å². The van der Waals surface area contributed by atoms with Crippen molar-refractivity contribution in [3.63, 3.8) is 0 Å². The third-order valence-electron chi connectivity index (χ3n) is 5.99. The molecule has 0 atom stereocenters. The smallest absolute Gasteiger partial charge is 0.264 e. The third-order valence-corrected chi connectivity index (χ3v) is 7.78. The van der Waals surface area contributed by atoms with Gasteiger partial charge in [0.2, 0.25) is 5.91 Å². The number of aryl methyl sites for hydroxylation is 1. The van der Waals surface area contributed by atoms with E-state index in [9.17, 15) is 13.2 Å². The summed E-state index contributed by atoms with van der Waals surface area (Å²) in [6, 6.07) is 23.2. The molecule has 0 aliphatic carbocycles. The van der Waals surface area contributed by atoms with Crippen molar-refractivity contribution >= 4 is 27.3 Å². The zero-order valence-corrected chi connectivity index (χ0v) is 20.2. The van der Waals surface area contributed by atoms with Gasteiger partial charge in [-0.1, -0.05) is 48.0 Å². The van der Waals surface area contributed by atoms with E-state index in [1.165, 1.54) is 4.31 Å². The molecule has 3 aromatic carbocycles. The highest BCUT2D eigenvalue weighted by Gasteiger charge is 2.30. The molecule has 0 N–H and O–H groups in total. The van der Waals surface area contributed by atoms with E-state index in [1.807, 2.05) is 43.3 Å². The van der Waals surface area contributed by atoms with Crippen LogP contribution in [0.25, 0.3) is 0 Å². The van der Waals surface area contributed by atoms with Crippen LogP contribution in [-0.2, 0) is 14.8 Å². The number of ether oxygens (including phenoxy) is 1. The van der Waals surface area contributed by atoms with Crippen LogP contribution in [0.3, 0.4) is 0 Å². The van der Waals surface area contributed by atoms with Gasteiger partial charge >= 0.3 is 0 Å². The van der Waals surface area contributed by atoms with E-state index in [4.69, 9.17) is 4.74 Å². The lowest BCUT2D eigenvalue weighted by molar-refractivity contribution is -0.129. The summed E-state index contributed by atoms with van der Waals surface area (Å²) in [5.41, 5.74) is 2.47. The Morgan fingerprint density at radius 3 is 2.15 bits per heavy atom. The Kier molecular flexibility index (Phi) is 7.07. The van der Waals surface area contributed by atoms with E-state index in [0.29, 0.717) is 31.9 Å². The maximum absolute atomic E-state index is 13.5. The number of piperazine rings is 1. The predicted molar refractivity (Wildman–Crippen MR) is 134 cm³/mol. The Labute approximate surface area is 201 Å². The zero-order chi connectivity index (χ0) is 24.1. The van der Waals surface area contributed by atoms with Crippen LogP contribution in [0.15, 0.2) is 83.8 Å².